The van der Waals surface area contributed by atoms with Crippen LogP contribution < -0.4 is 5.69 Å². The molecule has 0 saturated carbocycles. The summed E-state index contributed by atoms with van der Waals surface area (Å²) in [5.74, 6) is 0. The maximum absolute atomic E-state index is 10.9. The average Bonchev–Trinajstić information content (AvgIpc) is 2.15. The van der Waals surface area contributed by atoms with E-state index in [2.05, 4.69) is 5.10 Å². The van der Waals surface area contributed by atoms with Gasteiger partial charge in [-0.25, -0.2) is 9.48 Å². The summed E-state index contributed by atoms with van der Waals surface area (Å²) in [6.45, 7) is 2.59. The third kappa shape index (κ3) is 0.872. The molecule has 1 rings (SSSR count). The van der Waals surface area contributed by atoms with Gasteiger partial charge in [0.25, 0.3) is 0 Å². The van der Waals surface area contributed by atoms with E-state index in [0.29, 0.717) is 6.54 Å². The van der Waals surface area contributed by atoms with Crippen LogP contribution in [0.2, 0.25) is 0 Å². The van der Waals surface area contributed by atoms with E-state index in [4.69, 9.17) is 0 Å². The molecule has 1 aromatic rings. The van der Waals surface area contributed by atoms with Crippen LogP contribution >= 0.6 is 0 Å². The molecule has 4 nitrogen and oxygen atoms in total. The minimum Gasteiger partial charge on any atom is -0.282 e. The molecule has 1 heterocycles. The molecule has 0 aliphatic rings. The van der Waals surface area contributed by atoms with Crippen molar-refractivity contribution >= 4 is 0 Å². The minimum absolute atomic E-state index is 0.0579. The van der Waals surface area contributed by atoms with Crippen LogP contribution in [0, 0.1) is 0 Å². The van der Waals surface area contributed by atoms with Crippen LogP contribution in [0.5, 0.6) is 0 Å². The van der Waals surface area contributed by atoms with Crippen molar-refractivity contribution < 1.29 is 0 Å². The highest BCUT2D eigenvalue weighted by Crippen LogP contribution is 1.73. The number of nitrogens with zero attached hydrogens (tertiary/aromatic N) is 3. The van der Waals surface area contributed by atoms with Crippen LogP contribution in [0.25, 0.3) is 0 Å². The highest BCUT2D eigenvalue weighted by molar-refractivity contribution is 4.64. The zero-order valence-corrected chi connectivity index (χ0v) is 5.53. The zero-order valence-electron chi connectivity index (χ0n) is 5.53. The predicted octanol–water partition coefficient (Wildman–Crippen LogP) is -0.398. The van der Waals surface area contributed by atoms with Crippen molar-refractivity contribution in [3.05, 3.63) is 16.8 Å². The SMILES string of the molecule is CCn1cnn(C)c1=O. The van der Waals surface area contributed by atoms with Crippen molar-refractivity contribution in [1.29, 1.82) is 0 Å². The van der Waals surface area contributed by atoms with Gasteiger partial charge in [-0.3, -0.25) is 4.57 Å². The molecule has 0 atom stereocenters. The van der Waals surface area contributed by atoms with Crippen molar-refractivity contribution in [1.82, 2.24) is 14.3 Å². The standard InChI is InChI=1S/C5H9N3O/c1-3-8-4-6-7(2)5(8)9/h4H,3H2,1-2H3. The van der Waals surface area contributed by atoms with Crippen molar-refractivity contribution in [2.45, 2.75) is 13.5 Å². The van der Waals surface area contributed by atoms with Gasteiger partial charge in [0.1, 0.15) is 6.33 Å². The van der Waals surface area contributed by atoms with Crippen LogP contribution in [0.15, 0.2) is 11.1 Å². The second-order valence-electron chi connectivity index (χ2n) is 1.82. The van der Waals surface area contributed by atoms with Crippen molar-refractivity contribution in [2.75, 3.05) is 0 Å². The summed E-state index contributed by atoms with van der Waals surface area (Å²) in [6.07, 6.45) is 1.53. The van der Waals surface area contributed by atoms with E-state index in [1.54, 1.807) is 11.6 Å². The average molecular weight is 127 g/mol. The summed E-state index contributed by atoms with van der Waals surface area (Å²) in [7, 11) is 1.63. The van der Waals surface area contributed by atoms with E-state index < -0.39 is 0 Å². The lowest BCUT2D eigenvalue weighted by atomic mass is 10.7. The first-order valence-electron chi connectivity index (χ1n) is 2.84. The monoisotopic (exact) mass is 127 g/mol. The molecule has 0 N–H and O–H groups in total. The van der Waals surface area contributed by atoms with Gasteiger partial charge in [-0.2, -0.15) is 5.10 Å². The number of aryl methyl sites for hydroxylation is 2. The molecule has 0 amide bonds. The van der Waals surface area contributed by atoms with Gasteiger partial charge < -0.3 is 0 Å². The Labute approximate surface area is 52.7 Å². The minimum atomic E-state index is -0.0579. The van der Waals surface area contributed by atoms with E-state index in [0.717, 1.165) is 0 Å². The van der Waals surface area contributed by atoms with Gasteiger partial charge in [-0.05, 0) is 6.92 Å². The van der Waals surface area contributed by atoms with Crippen LogP contribution in [0.1, 0.15) is 6.92 Å². The van der Waals surface area contributed by atoms with Crippen LogP contribution in [0.3, 0.4) is 0 Å². The van der Waals surface area contributed by atoms with E-state index in [1.165, 1.54) is 11.0 Å². The Morgan fingerprint density at radius 1 is 1.78 bits per heavy atom. The predicted molar refractivity (Wildman–Crippen MR) is 33.1 cm³/mol. The Morgan fingerprint density at radius 3 is 2.67 bits per heavy atom. The first-order valence-corrected chi connectivity index (χ1v) is 2.84. The summed E-state index contributed by atoms with van der Waals surface area (Å²) >= 11 is 0. The van der Waals surface area contributed by atoms with E-state index >= 15 is 0 Å². The Bertz CT molecular complexity index is 247. The molecular formula is C5H9N3O. The molecule has 9 heavy (non-hydrogen) atoms. The normalized spacial score (nSPS) is 10.0. The van der Waals surface area contributed by atoms with Gasteiger partial charge in [-0.1, -0.05) is 0 Å². The van der Waals surface area contributed by atoms with Gasteiger partial charge in [0.05, 0.1) is 0 Å². The first kappa shape index (κ1) is 6.07. The van der Waals surface area contributed by atoms with Gasteiger partial charge in [0.2, 0.25) is 0 Å². The number of hydrogen-bond acceptors (Lipinski definition) is 2. The quantitative estimate of drug-likeness (QED) is 0.515. The summed E-state index contributed by atoms with van der Waals surface area (Å²) < 4.78 is 2.85. The fourth-order valence-electron chi connectivity index (χ4n) is 0.641. The summed E-state index contributed by atoms with van der Waals surface area (Å²) in [6, 6.07) is 0. The van der Waals surface area contributed by atoms with Gasteiger partial charge in [-0.15, -0.1) is 0 Å². The van der Waals surface area contributed by atoms with E-state index in [1.807, 2.05) is 6.92 Å². The second kappa shape index (κ2) is 2.05. The zero-order chi connectivity index (χ0) is 6.85. The summed E-state index contributed by atoms with van der Waals surface area (Å²) in [4.78, 5) is 10.9. The molecule has 0 aliphatic heterocycles. The molecule has 0 unspecified atom stereocenters. The van der Waals surface area contributed by atoms with Gasteiger partial charge >= 0.3 is 5.69 Å². The molecule has 0 spiro atoms. The summed E-state index contributed by atoms with van der Waals surface area (Å²) in [5, 5.41) is 3.75. The Kier molecular flexibility index (Phi) is 1.38. The molecular weight excluding hydrogens is 118 g/mol. The highest BCUT2D eigenvalue weighted by atomic mass is 16.2. The molecule has 0 fully saturated rings. The topological polar surface area (TPSA) is 39.8 Å². The van der Waals surface area contributed by atoms with E-state index in [-0.39, 0.29) is 5.69 Å². The van der Waals surface area contributed by atoms with Crippen LogP contribution in [0.4, 0.5) is 0 Å². The maximum Gasteiger partial charge on any atom is 0.345 e. The fourth-order valence-corrected chi connectivity index (χ4v) is 0.641. The lowest BCUT2D eigenvalue weighted by Crippen LogP contribution is -2.21. The molecule has 0 saturated heterocycles. The molecule has 1 aromatic heterocycles. The third-order valence-electron chi connectivity index (χ3n) is 1.23. The Morgan fingerprint density at radius 2 is 2.44 bits per heavy atom. The fraction of sp³-hybridized carbons (Fsp3) is 0.600. The smallest absolute Gasteiger partial charge is 0.282 e. The van der Waals surface area contributed by atoms with Gasteiger partial charge in [0, 0.05) is 13.6 Å². The molecule has 0 radical (unpaired) electrons. The number of hydrogen-bond donors (Lipinski definition) is 0. The number of aromatic nitrogens is 3. The van der Waals surface area contributed by atoms with Crippen molar-refractivity contribution in [2.24, 2.45) is 7.05 Å². The molecule has 0 aromatic carbocycles. The van der Waals surface area contributed by atoms with Gasteiger partial charge in [0.15, 0.2) is 0 Å². The highest BCUT2D eigenvalue weighted by Gasteiger charge is 1.94. The Hall–Kier alpha value is -1.06. The largest absolute Gasteiger partial charge is 0.345 e. The number of rotatable bonds is 1. The molecule has 50 valence electrons. The lowest BCUT2D eigenvalue weighted by Gasteiger charge is -1.87. The second-order valence-corrected chi connectivity index (χ2v) is 1.82. The summed E-state index contributed by atoms with van der Waals surface area (Å²) in [5.41, 5.74) is -0.0579. The Balaban J connectivity index is 3.20. The molecule has 4 heteroatoms. The van der Waals surface area contributed by atoms with Crippen LogP contribution in [-0.4, -0.2) is 14.3 Å². The molecule has 0 aliphatic carbocycles. The van der Waals surface area contributed by atoms with E-state index in [9.17, 15) is 4.79 Å². The first-order chi connectivity index (χ1) is 4.25. The lowest BCUT2D eigenvalue weighted by molar-refractivity contribution is 0.677. The van der Waals surface area contributed by atoms with Crippen LogP contribution in [-0.2, 0) is 13.6 Å². The molecule has 0 bridgehead atoms. The van der Waals surface area contributed by atoms with Crippen molar-refractivity contribution in [3.63, 3.8) is 0 Å². The maximum atomic E-state index is 10.9. The van der Waals surface area contributed by atoms with Crippen molar-refractivity contribution in [3.8, 4) is 0 Å². The third-order valence-corrected chi connectivity index (χ3v) is 1.23.